The van der Waals surface area contributed by atoms with Crippen molar-refractivity contribution in [1.29, 1.82) is 0 Å². The van der Waals surface area contributed by atoms with Crippen LogP contribution in [0.2, 0.25) is 10.0 Å². The Morgan fingerprint density at radius 3 is 2.69 bits per heavy atom. The van der Waals surface area contributed by atoms with Crippen LogP contribution < -0.4 is 10.9 Å². The number of fused-ring (bicyclic) bond motifs is 1. The Balaban J connectivity index is 1.76. The van der Waals surface area contributed by atoms with Gasteiger partial charge in [-0.05, 0) is 18.2 Å². The van der Waals surface area contributed by atoms with E-state index in [1.807, 2.05) is 20.8 Å². The molecule has 1 unspecified atom stereocenters. The summed E-state index contributed by atoms with van der Waals surface area (Å²) in [6, 6.07) is 6.27. The van der Waals surface area contributed by atoms with Crippen LogP contribution in [0.25, 0.3) is 0 Å². The van der Waals surface area contributed by atoms with Crippen molar-refractivity contribution < 1.29 is 4.79 Å². The van der Waals surface area contributed by atoms with Crippen LogP contribution in [0, 0.1) is 0 Å². The second-order valence-electron chi connectivity index (χ2n) is 7.23. The van der Waals surface area contributed by atoms with E-state index in [1.165, 1.54) is 11.8 Å². The maximum Gasteiger partial charge on any atom is 0.254 e. The van der Waals surface area contributed by atoms with Crippen molar-refractivity contribution in [2.75, 3.05) is 11.1 Å². The third kappa shape index (κ3) is 4.08. The fraction of sp³-hybridized carbons (Fsp3) is 0.389. The minimum Gasteiger partial charge on any atom is -0.326 e. The van der Waals surface area contributed by atoms with E-state index in [0.717, 1.165) is 5.69 Å². The van der Waals surface area contributed by atoms with Crippen LogP contribution >= 0.6 is 35.0 Å². The highest BCUT2D eigenvalue weighted by atomic mass is 35.5. The molecule has 1 atom stereocenters. The zero-order valence-electron chi connectivity index (χ0n) is 14.7. The quantitative estimate of drug-likeness (QED) is 0.753. The number of benzene rings is 1. The molecule has 1 N–H and O–H groups in total. The highest BCUT2D eigenvalue weighted by Gasteiger charge is 2.29. The second kappa shape index (κ2) is 7.25. The van der Waals surface area contributed by atoms with Gasteiger partial charge >= 0.3 is 0 Å². The molecule has 2 aromatic rings. The SMILES string of the molecule is CC(C)(C)c1cc(=O)n2c(n1)SCC2CC(=O)Nc1ccc(Cl)c(Cl)c1. The number of nitrogens with one attached hydrogen (secondary N) is 1. The lowest BCUT2D eigenvalue weighted by molar-refractivity contribution is -0.116. The lowest BCUT2D eigenvalue weighted by Crippen LogP contribution is -2.29. The topological polar surface area (TPSA) is 64.0 Å². The molecule has 0 radical (unpaired) electrons. The number of amides is 1. The van der Waals surface area contributed by atoms with Gasteiger partial charge in [0.05, 0.1) is 21.8 Å². The molecule has 8 heteroatoms. The van der Waals surface area contributed by atoms with Crippen LogP contribution in [0.4, 0.5) is 5.69 Å². The molecule has 3 rings (SSSR count). The number of hydrogen-bond donors (Lipinski definition) is 1. The van der Waals surface area contributed by atoms with Crippen molar-refractivity contribution in [3.8, 4) is 0 Å². The van der Waals surface area contributed by atoms with Gasteiger partial charge in [-0.1, -0.05) is 55.7 Å². The van der Waals surface area contributed by atoms with E-state index >= 15 is 0 Å². The Kier molecular flexibility index (Phi) is 5.37. The first-order valence-electron chi connectivity index (χ1n) is 8.17. The molecular formula is C18H19Cl2N3O2S. The molecule has 0 fully saturated rings. The van der Waals surface area contributed by atoms with E-state index in [2.05, 4.69) is 10.3 Å². The van der Waals surface area contributed by atoms with Crippen molar-refractivity contribution in [2.24, 2.45) is 0 Å². The van der Waals surface area contributed by atoms with Gasteiger partial charge in [-0.25, -0.2) is 4.98 Å². The number of nitrogens with zero attached hydrogens (tertiary/aromatic N) is 2. The van der Waals surface area contributed by atoms with Crippen molar-refractivity contribution in [2.45, 2.75) is 43.8 Å². The van der Waals surface area contributed by atoms with E-state index in [4.69, 9.17) is 23.2 Å². The number of carbonyl (C=O) groups is 1. The number of rotatable bonds is 3. The first-order chi connectivity index (χ1) is 12.1. The normalized spacial score (nSPS) is 16.4. The number of halogens is 2. The number of thioether (sulfide) groups is 1. The van der Waals surface area contributed by atoms with Crippen LogP contribution in [0.3, 0.4) is 0 Å². The van der Waals surface area contributed by atoms with Crippen molar-refractivity contribution in [3.63, 3.8) is 0 Å². The molecule has 0 bridgehead atoms. The van der Waals surface area contributed by atoms with E-state index in [9.17, 15) is 9.59 Å². The van der Waals surface area contributed by atoms with Crippen LogP contribution in [0.1, 0.15) is 38.9 Å². The second-order valence-corrected chi connectivity index (χ2v) is 9.03. The summed E-state index contributed by atoms with van der Waals surface area (Å²) in [5.74, 6) is 0.457. The molecule has 1 aromatic carbocycles. The summed E-state index contributed by atoms with van der Waals surface area (Å²) in [5.41, 5.74) is 1.03. The Bertz CT molecular complexity index is 922. The minimum atomic E-state index is -0.216. The Labute approximate surface area is 166 Å². The number of anilines is 1. The summed E-state index contributed by atoms with van der Waals surface area (Å²) in [7, 11) is 0. The molecule has 0 aliphatic carbocycles. The summed E-state index contributed by atoms with van der Waals surface area (Å²) in [4.78, 5) is 29.5. The summed E-state index contributed by atoms with van der Waals surface area (Å²) < 4.78 is 1.62. The lowest BCUT2D eigenvalue weighted by atomic mass is 9.92. The summed E-state index contributed by atoms with van der Waals surface area (Å²) in [6.07, 6.45) is 0.191. The molecular weight excluding hydrogens is 393 g/mol. The Morgan fingerprint density at radius 2 is 2.04 bits per heavy atom. The fourth-order valence-corrected chi connectivity index (χ4v) is 4.13. The smallest absolute Gasteiger partial charge is 0.254 e. The number of carbonyl (C=O) groups excluding carboxylic acids is 1. The molecule has 138 valence electrons. The zero-order chi connectivity index (χ0) is 19.1. The van der Waals surface area contributed by atoms with Crippen molar-refractivity contribution in [1.82, 2.24) is 9.55 Å². The predicted octanol–water partition coefficient (Wildman–Crippen LogP) is 4.52. The van der Waals surface area contributed by atoms with E-state index in [-0.39, 0.29) is 29.3 Å². The molecule has 1 aliphatic rings. The predicted molar refractivity (Wildman–Crippen MR) is 107 cm³/mol. The molecule has 1 aromatic heterocycles. The number of aromatic nitrogens is 2. The molecule has 2 heterocycles. The summed E-state index contributed by atoms with van der Waals surface area (Å²) in [6.45, 7) is 6.06. The standard InChI is InChI=1S/C18H19Cl2N3O2S/c1-18(2,3)14-8-16(25)23-11(9-26-17(23)22-14)7-15(24)21-10-4-5-12(19)13(20)6-10/h4-6,8,11H,7,9H2,1-3H3,(H,21,24). The van der Waals surface area contributed by atoms with Crippen LogP contribution in [-0.4, -0.2) is 21.2 Å². The highest BCUT2D eigenvalue weighted by Crippen LogP contribution is 2.34. The summed E-state index contributed by atoms with van der Waals surface area (Å²) >= 11 is 13.4. The van der Waals surface area contributed by atoms with Crippen LogP contribution in [0.15, 0.2) is 34.2 Å². The maximum atomic E-state index is 12.6. The fourth-order valence-electron chi connectivity index (χ4n) is 2.69. The van der Waals surface area contributed by atoms with Crippen LogP contribution in [-0.2, 0) is 10.2 Å². The molecule has 5 nitrogen and oxygen atoms in total. The van der Waals surface area contributed by atoms with Gasteiger partial charge in [-0.2, -0.15) is 0 Å². The molecule has 0 saturated carbocycles. The van der Waals surface area contributed by atoms with E-state index in [1.54, 1.807) is 28.8 Å². The van der Waals surface area contributed by atoms with E-state index in [0.29, 0.717) is 26.6 Å². The third-order valence-corrected chi connectivity index (χ3v) is 5.92. The zero-order valence-corrected chi connectivity index (χ0v) is 17.0. The van der Waals surface area contributed by atoms with Gasteiger partial charge in [-0.3, -0.25) is 14.2 Å². The van der Waals surface area contributed by atoms with Gasteiger partial charge < -0.3 is 5.32 Å². The van der Waals surface area contributed by atoms with Gasteiger partial charge in [0.2, 0.25) is 5.91 Å². The average molecular weight is 412 g/mol. The van der Waals surface area contributed by atoms with Crippen molar-refractivity contribution in [3.05, 3.63) is 50.4 Å². The van der Waals surface area contributed by atoms with Gasteiger partial charge in [0.15, 0.2) is 5.16 Å². The third-order valence-electron chi connectivity index (χ3n) is 4.08. The largest absolute Gasteiger partial charge is 0.326 e. The van der Waals surface area contributed by atoms with Crippen molar-refractivity contribution >= 4 is 46.6 Å². The molecule has 1 amide bonds. The molecule has 0 saturated heterocycles. The Hall–Kier alpha value is -1.50. The number of hydrogen-bond acceptors (Lipinski definition) is 4. The maximum absolute atomic E-state index is 12.6. The minimum absolute atomic E-state index is 0.114. The molecule has 0 spiro atoms. The molecule has 1 aliphatic heterocycles. The van der Waals surface area contributed by atoms with Gasteiger partial charge in [0.1, 0.15) is 0 Å². The highest BCUT2D eigenvalue weighted by molar-refractivity contribution is 7.99. The average Bonchev–Trinajstić information content (AvgIpc) is 2.93. The first-order valence-corrected chi connectivity index (χ1v) is 9.91. The lowest BCUT2D eigenvalue weighted by Gasteiger charge is -2.19. The Morgan fingerprint density at radius 1 is 1.31 bits per heavy atom. The monoisotopic (exact) mass is 411 g/mol. The van der Waals surface area contributed by atoms with Gasteiger partial charge in [0.25, 0.3) is 5.56 Å². The van der Waals surface area contributed by atoms with Gasteiger partial charge in [0, 0.05) is 29.3 Å². The first kappa shape index (κ1) is 19.3. The van der Waals surface area contributed by atoms with E-state index < -0.39 is 0 Å². The molecule has 26 heavy (non-hydrogen) atoms. The van der Waals surface area contributed by atoms with Crippen LogP contribution in [0.5, 0.6) is 0 Å². The van der Waals surface area contributed by atoms with Gasteiger partial charge in [-0.15, -0.1) is 0 Å². The summed E-state index contributed by atoms with van der Waals surface area (Å²) in [5, 5.41) is 4.28.